The summed E-state index contributed by atoms with van der Waals surface area (Å²) < 4.78 is 0. The van der Waals surface area contributed by atoms with Crippen molar-refractivity contribution in [2.24, 2.45) is 16.7 Å². The van der Waals surface area contributed by atoms with E-state index in [-0.39, 0.29) is 12.4 Å². The highest BCUT2D eigenvalue weighted by Crippen LogP contribution is 2.06. The number of aliphatic imine (C=N–C) groups is 1. The Bertz CT molecular complexity index is 387. The molecule has 17 heavy (non-hydrogen) atoms. The maximum Gasteiger partial charge on any atom is 0.328 e. The van der Waals surface area contributed by atoms with Crippen molar-refractivity contribution in [3.05, 3.63) is 35.9 Å². The highest BCUT2D eigenvalue weighted by molar-refractivity contribution is 5.83. The van der Waals surface area contributed by atoms with E-state index in [0.29, 0.717) is 0 Å². The molecule has 1 atom stereocenters. The number of carbonyl (C=O) groups is 1. The van der Waals surface area contributed by atoms with Gasteiger partial charge in [-0.15, -0.1) is 0 Å². The average Bonchev–Trinajstić information content (AvgIpc) is 2.35. The van der Waals surface area contributed by atoms with Crippen molar-refractivity contribution in [1.82, 2.24) is 10.9 Å². The lowest BCUT2D eigenvalue weighted by Gasteiger charge is -2.10. The lowest BCUT2D eigenvalue weighted by molar-refractivity contribution is -0.138. The fourth-order valence-electron chi connectivity index (χ4n) is 1.30. The van der Waals surface area contributed by atoms with Gasteiger partial charge in [0, 0.05) is 6.42 Å². The molecule has 1 aromatic rings. The zero-order valence-electron chi connectivity index (χ0n) is 9.13. The van der Waals surface area contributed by atoms with Crippen LogP contribution in [0.3, 0.4) is 0 Å². The number of guanidine groups is 1. The molecule has 0 aliphatic rings. The lowest BCUT2D eigenvalue weighted by atomic mass is 10.1. The number of nitrogens with two attached hydrogens (primary N) is 2. The number of rotatable bonds is 4. The fraction of sp³-hybridized carbons (Fsp3) is 0.200. The molecule has 0 aromatic heterocycles. The summed E-state index contributed by atoms with van der Waals surface area (Å²) in [7, 11) is 0. The second-order valence-electron chi connectivity index (χ2n) is 3.31. The second kappa shape index (κ2) is 6.46. The number of carboxylic acids is 1. The standard InChI is InChI=1S/C10H15N5O2/c11-14-10(15-12)13-8(9(16)17)6-7-4-2-1-3-5-7/h1-5,8H,6,11-12H2,(H,16,17)(H2,13,14,15)/t8-/m0/s1. The van der Waals surface area contributed by atoms with Crippen LogP contribution in [0.2, 0.25) is 0 Å². The molecule has 1 rings (SSSR count). The van der Waals surface area contributed by atoms with Crippen LogP contribution in [0.25, 0.3) is 0 Å². The molecule has 0 aliphatic carbocycles. The van der Waals surface area contributed by atoms with Crippen molar-refractivity contribution in [2.45, 2.75) is 12.5 Å². The largest absolute Gasteiger partial charge is 0.480 e. The SMILES string of the molecule is NNC(=N[C@@H](Cc1ccccc1)C(=O)O)NN. The van der Waals surface area contributed by atoms with Gasteiger partial charge in [-0.2, -0.15) is 0 Å². The minimum absolute atomic E-state index is 0.0216. The van der Waals surface area contributed by atoms with Gasteiger partial charge in [-0.25, -0.2) is 21.5 Å². The molecule has 0 unspecified atom stereocenters. The number of hydrogen-bond donors (Lipinski definition) is 5. The Kier molecular flexibility index (Phi) is 4.92. The molecule has 0 aliphatic heterocycles. The molecular formula is C10H15N5O2. The van der Waals surface area contributed by atoms with Gasteiger partial charge in [-0.05, 0) is 5.56 Å². The summed E-state index contributed by atoms with van der Waals surface area (Å²) >= 11 is 0. The highest BCUT2D eigenvalue weighted by Gasteiger charge is 2.17. The van der Waals surface area contributed by atoms with Crippen molar-refractivity contribution in [2.75, 3.05) is 0 Å². The molecule has 0 saturated carbocycles. The predicted octanol–water partition coefficient (Wildman–Crippen LogP) is -1.04. The smallest absolute Gasteiger partial charge is 0.328 e. The maximum atomic E-state index is 11.0. The van der Waals surface area contributed by atoms with Gasteiger partial charge >= 0.3 is 5.97 Å². The van der Waals surface area contributed by atoms with E-state index in [1.807, 2.05) is 30.3 Å². The summed E-state index contributed by atoms with van der Waals surface area (Å²) in [5, 5.41) is 9.03. The van der Waals surface area contributed by atoms with Crippen LogP contribution in [0.5, 0.6) is 0 Å². The van der Waals surface area contributed by atoms with E-state index in [1.54, 1.807) is 0 Å². The van der Waals surface area contributed by atoms with Crippen LogP contribution in [0.15, 0.2) is 35.3 Å². The molecular weight excluding hydrogens is 222 g/mol. The van der Waals surface area contributed by atoms with Gasteiger partial charge in [0.25, 0.3) is 0 Å². The Hall–Kier alpha value is -2.12. The van der Waals surface area contributed by atoms with Gasteiger partial charge in [0.1, 0.15) is 0 Å². The molecule has 0 heterocycles. The maximum absolute atomic E-state index is 11.0. The molecule has 92 valence electrons. The van der Waals surface area contributed by atoms with Crippen molar-refractivity contribution >= 4 is 11.9 Å². The lowest BCUT2D eigenvalue weighted by Crippen LogP contribution is -2.46. The van der Waals surface area contributed by atoms with Crippen molar-refractivity contribution < 1.29 is 9.90 Å². The van der Waals surface area contributed by atoms with Gasteiger partial charge in [0.05, 0.1) is 0 Å². The molecule has 7 heteroatoms. The first kappa shape index (κ1) is 12.9. The Balaban J connectivity index is 2.81. The monoisotopic (exact) mass is 237 g/mol. The number of benzene rings is 1. The molecule has 0 bridgehead atoms. The molecule has 0 spiro atoms. The van der Waals surface area contributed by atoms with E-state index in [0.717, 1.165) is 5.56 Å². The minimum Gasteiger partial charge on any atom is -0.480 e. The summed E-state index contributed by atoms with van der Waals surface area (Å²) in [4.78, 5) is 14.9. The zero-order chi connectivity index (χ0) is 12.7. The molecule has 1 aromatic carbocycles. The van der Waals surface area contributed by atoms with Gasteiger partial charge < -0.3 is 5.11 Å². The Morgan fingerprint density at radius 3 is 2.35 bits per heavy atom. The van der Waals surface area contributed by atoms with E-state index < -0.39 is 12.0 Å². The first-order valence-electron chi connectivity index (χ1n) is 4.95. The van der Waals surface area contributed by atoms with Gasteiger partial charge in [-0.1, -0.05) is 30.3 Å². The number of aliphatic carboxylic acids is 1. The van der Waals surface area contributed by atoms with E-state index in [4.69, 9.17) is 16.8 Å². The van der Waals surface area contributed by atoms with Gasteiger partial charge in [-0.3, -0.25) is 10.9 Å². The van der Waals surface area contributed by atoms with Crippen LogP contribution in [-0.4, -0.2) is 23.1 Å². The molecule has 0 saturated heterocycles. The first-order chi connectivity index (χ1) is 8.17. The number of nitrogens with one attached hydrogen (secondary N) is 2. The van der Waals surface area contributed by atoms with Crippen LogP contribution in [0.1, 0.15) is 5.56 Å². The molecule has 0 fully saturated rings. The van der Waals surface area contributed by atoms with E-state index >= 15 is 0 Å². The molecule has 0 amide bonds. The topological polar surface area (TPSA) is 126 Å². The van der Waals surface area contributed by atoms with Gasteiger partial charge in [0.2, 0.25) is 5.96 Å². The van der Waals surface area contributed by atoms with Crippen LogP contribution >= 0.6 is 0 Å². The summed E-state index contributed by atoms with van der Waals surface area (Å²) in [6, 6.07) is 8.24. The summed E-state index contributed by atoms with van der Waals surface area (Å²) in [5.74, 6) is 9.19. The average molecular weight is 237 g/mol. The van der Waals surface area contributed by atoms with Crippen molar-refractivity contribution in [1.29, 1.82) is 0 Å². The fourth-order valence-corrected chi connectivity index (χ4v) is 1.30. The second-order valence-corrected chi connectivity index (χ2v) is 3.31. The van der Waals surface area contributed by atoms with E-state index in [2.05, 4.69) is 15.8 Å². The molecule has 0 radical (unpaired) electrons. The summed E-state index contributed by atoms with van der Waals surface area (Å²) in [6.07, 6.45) is 0.267. The Morgan fingerprint density at radius 1 is 1.29 bits per heavy atom. The predicted molar refractivity (Wildman–Crippen MR) is 63.7 cm³/mol. The third-order valence-corrected chi connectivity index (χ3v) is 2.12. The molecule has 7 nitrogen and oxygen atoms in total. The third kappa shape index (κ3) is 4.09. The molecule has 7 N–H and O–H groups in total. The van der Waals surface area contributed by atoms with Crippen LogP contribution in [0, 0.1) is 0 Å². The number of nitrogens with zero attached hydrogens (tertiary/aromatic N) is 1. The van der Waals surface area contributed by atoms with Crippen LogP contribution in [0.4, 0.5) is 0 Å². The van der Waals surface area contributed by atoms with Crippen LogP contribution in [-0.2, 0) is 11.2 Å². The third-order valence-electron chi connectivity index (χ3n) is 2.12. The van der Waals surface area contributed by atoms with Gasteiger partial charge in [0.15, 0.2) is 6.04 Å². The quantitative estimate of drug-likeness (QED) is 0.197. The summed E-state index contributed by atoms with van der Waals surface area (Å²) in [5.41, 5.74) is 5.22. The Morgan fingerprint density at radius 2 is 1.88 bits per heavy atom. The minimum atomic E-state index is -1.04. The normalized spacial score (nSPS) is 11.4. The van der Waals surface area contributed by atoms with E-state index in [1.165, 1.54) is 0 Å². The first-order valence-corrected chi connectivity index (χ1v) is 4.95. The van der Waals surface area contributed by atoms with Crippen molar-refractivity contribution in [3.63, 3.8) is 0 Å². The number of hydrazine groups is 2. The number of carboxylic acid groups (broad SMARTS) is 1. The van der Waals surface area contributed by atoms with Crippen molar-refractivity contribution in [3.8, 4) is 0 Å². The highest BCUT2D eigenvalue weighted by atomic mass is 16.4. The summed E-state index contributed by atoms with van der Waals surface area (Å²) in [6.45, 7) is 0. The Labute approximate surface area is 98.5 Å². The van der Waals surface area contributed by atoms with Crippen LogP contribution < -0.4 is 22.5 Å². The number of hydrogen-bond acceptors (Lipinski definition) is 4. The van der Waals surface area contributed by atoms with E-state index in [9.17, 15) is 4.79 Å². The zero-order valence-corrected chi connectivity index (χ0v) is 9.13.